The van der Waals surface area contributed by atoms with Gasteiger partial charge in [-0.05, 0) is 34.4 Å². The van der Waals surface area contributed by atoms with Crippen molar-refractivity contribution in [2.75, 3.05) is 0 Å². The van der Waals surface area contributed by atoms with Crippen LogP contribution in [0.2, 0.25) is 0 Å². The van der Waals surface area contributed by atoms with Crippen molar-refractivity contribution in [1.29, 1.82) is 63.1 Å². The number of hydrogen-bond acceptors (Lipinski definition) is 24. The summed E-state index contributed by atoms with van der Waals surface area (Å²) in [6.45, 7) is 28.3. The van der Waals surface area contributed by atoms with Crippen LogP contribution in [0.1, 0.15) is 0 Å². The summed E-state index contributed by atoms with van der Waals surface area (Å²) in [5.74, 6) is -20.7. The van der Waals surface area contributed by atoms with Crippen LogP contribution in [0.25, 0.3) is 231 Å². The molecule has 20 rings (SSSR count). The predicted octanol–water partition coefficient (Wildman–Crippen LogP) is 13.5. The molecule has 0 N–H and O–H groups in total. The summed E-state index contributed by atoms with van der Waals surface area (Å²) >= 11 is 0.438. The van der Waals surface area contributed by atoms with Crippen molar-refractivity contribution in [2.45, 2.75) is 0 Å². The van der Waals surface area contributed by atoms with E-state index in [4.69, 9.17) is 78.9 Å². The average Bonchev–Trinajstić information content (AvgIpc) is 1.03. The van der Waals surface area contributed by atoms with Crippen LogP contribution in [0.4, 0.5) is 52.7 Å². The predicted molar refractivity (Wildman–Crippen MR) is 465 cm³/mol. The number of nitrogens with zero attached hydrogens (tertiary/aromatic N) is 24. The summed E-state index contributed by atoms with van der Waals surface area (Å²) in [5.41, 5.74) is -2.28. The molecule has 0 amide bonds. The van der Waals surface area contributed by atoms with Crippen LogP contribution >= 0.6 is 45.3 Å². The number of aromatic nitrogens is 8. The minimum Gasteiger partial charge on any atom is -0.248 e. The molecule has 0 atom stereocenters. The first-order valence-corrected chi connectivity index (χ1v) is 45.7. The van der Waals surface area contributed by atoms with Gasteiger partial charge in [0.15, 0.2) is 46.0 Å². The van der Waals surface area contributed by atoms with Gasteiger partial charge in [-0.3, -0.25) is 0 Å². The van der Waals surface area contributed by atoms with Gasteiger partial charge in [0, 0.05) is 21.5 Å². The van der Waals surface area contributed by atoms with Crippen LogP contribution < -0.4 is 35.5 Å². The van der Waals surface area contributed by atoms with Crippen LogP contribution in [0.15, 0.2) is 72.8 Å². The molecule has 24 nitrogen and oxygen atoms in total. The summed E-state index contributed by atoms with van der Waals surface area (Å²) in [7, 11) is 0. The maximum absolute atomic E-state index is 15.7. The average molecular weight is 2080 g/mol. The van der Waals surface area contributed by atoms with E-state index < -0.39 is 209 Å². The Kier molecular flexibility index (Phi) is 22.4. The molecule has 0 fully saturated rings. The van der Waals surface area contributed by atoms with Crippen molar-refractivity contribution in [2.24, 2.45) is 0 Å². The van der Waals surface area contributed by atoms with Crippen LogP contribution in [-0.4, -0.2) is 97.9 Å². The number of rotatable bonds is 0. The van der Waals surface area contributed by atoms with Crippen molar-refractivity contribution in [3.8, 4) is 72.8 Å². The summed E-state index contributed by atoms with van der Waals surface area (Å²) in [6.07, 6.45) is 0. The van der Waals surface area contributed by atoms with E-state index in [1.807, 2.05) is 97.1 Å². The number of halogens is 12. The Labute approximate surface area is 760 Å². The van der Waals surface area contributed by atoms with Gasteiger partial charge in [-0.15, -0.1) is 45.3 Å². The van der Waals surface area contributed by atoms with E-state index in [0.717, 1.165) is 83.1 Å². The molecule has 12 aromatic carbocycles. The fourth-order valence-electron chi connectivity index (χ4n) is 14.2. The Bertz CT molecular complexity index is 9680. The van der Waals surface area contributed by atoms with E-state index in [1.54, 1.807) is 0 Å². The molecule has 0 saturated carbocycles. The second-order valence-corrected chi connectivity index (χ2v) is 39.0. The second-order valence-electron chi connectivity index (χ2n) is 26.5. The molecule has 0 aliphatic rings. The van der Waals surface area contributed by atoms with E-state index in [-0.39, 0.29) is 64.3 Å². The van der Waals surface area contributed by atoms with E-state index in [0.29, 0.717) is 40.4 Å². The third kappa shape index (κ3) is 13.6. The summed E-state index contributed by atoms with van der Waals surface area (Å²) in [5, 5.41) is 109. The van der Waals surface area contributed by atoms with E-state index in [2.05, 4.69) is 71.4 Å². The largest absolute Gasteiger partial charge is 0.296 e. The van der Waals surface area contributed by atoms with Crippen molar-refractivity contribution in [1.82, 2.24) is 39.9 Å². The summed E-state index contributed by atoms with van der Waals surface area (Å²) in [4.78, 5) is 45.0. The quantitative estimate of drug-likeness (QED) is 0.0589. The number of fused-ring (bicyclic) bond motifs is 24. The van der Waals surface area contributed by atoms with E-state index in [1.165, 1.54) is 59.1 Å². The van der Waals surface area contributed by atoms with Gasteiger partial charge in [0.1, 0.15) is 54.0 Å². The van der Waals surface area contributed by atoms with Gasteiger partial charge in [-0.25, -0.2) is 66.5 Å². The topological polar surface area (TPSA) is 406 Å². The first-order chi connectivity index (χ1) is 63.7. The molecular formula is C88H12F12N24S4Se4. The van der Waals surface area contributed by atoms with Gasteiger partial charge < -0.3 is 0 Å². The van der Waals surface area contributed by atoms with Gasteiger partial charge in [0.05, 0.1) is 60.5 Å². The minimum atomic E-state index is -1.94. The molecule has 0 aliphatic carbocycles. The molecule has 8 aromatic heterocycles. The first kappa shape index (κ1) is 87.1. The van der Waals surface area contributed by atoms with Gasteiger partial charge in [-0.2, -0.15) is 21.0 Å². The zero-order valence-electron chi connectivity index (χ0n) is 63.5. The van der Waals surface area contributed by atoms with Crippen molar-refractivity contribution in [3.05, 3.63) is 224 Å². The molecule has 0 bridgehead atoms. The Morgan fingerprint density at radius 3 is 1.26 bits per heavy atom. The second kappa shape index (κ2) is 34.0. The van der Waals surface area contributed by atoms with Crippen LogP contribution in [-0.2, 0) is 0 Å². The molecule has 0 radical (unpaired) electrons. The zero-order chi connectivity index (χ0) is 93.8. The Morgan fingerprint density at radius 2 is 0.667 bits per heavy atom. The van der Waals surface area contributed by atoms with E-state index in [9.17, 15) is 10.5 Å². The van der Waals surface area contributed by atoms with Crippen molar-refractivity contribution < 1.29 is 52.7 Å². The molecule has 0 aliphatic heterocycles. The molecule has 44 heteroatoms. The van der Waals surface area contributed by atoms with Gasteiger partial charge >= 0.3 is 388 Å². The standard InChI is InChI=1S/C22F6N6S2.C22F6N6Se2.C22H6N6S2.C22H6N6Se2/c2*1-32-6(4-31)22-34-17-14(26)9-7(15(27)20(17)36-22)8-10(13(25)12(9)24)19-18(16(28)11(8)23)33-21(35-19)5(2-29)3-30;2*1-26-18(10-25)22-28-17-6-11-2-3-14-13(15(11)7-19(17)29-22)4-5-16-20(14)30-21(27-16)12(8-23)9-24/h;;2*2-7H/b2*22-6+;2*22-18+. The van der Waals surface area contributed by atoms with Crippen molar-refractivity contribution in [3.63, 3.8) is 0 Å². The molecule has 132 heavy (non-hydrogen) atoms. The molecular weight excluding hydrogens is 2070 g/mol. The third-order valence-electron chi connectivity index (χ3n) is 19.8. The SMILES string of the molecule is [C-]#[N+]/C(C#N)=c1\nc2c(F)c3c(F)c(F)c4c5[se]c(=C(C#N)C#N)nc5c(F)c(F)c4c3c(F)c2[se]1.[C-]#[N+]/C(C#N)=c1\nc2c(F)c3c(F)c(F)c4c5sc(=C(C#N)C#N)nc5c(F)c(F)c4c3c(F)c2s1.[C-]#[N+]/C(C#N)=c1\nc2cc3ccc4c(ccc5nc(=C(C#N)C#N)[se]c54)c3cc2[se]1.[C-]#[N+]/C(C#N)=c1\nc2cc3ccc4c(ccc5nc(=C(C#N)C#N)sc54)c3cc2s1. The minimum absolute atomic E-state index is 0.00777. The number of nitriles is 12. The maximum atomic E-state index is 15.7. The van der Waals surface area contributed by atoms with Crippen LogP contribution in [0, 0.1) is 232 Å². The summed E-state index contributed by atoms with van der Waals surface area (Å²) < 4.78 is 186. The zero-order valence-corrected chi connectivity index (χ0v) is 73.6. The van der Waals surface area contributed by atoms with Crippen LogP contribution in [0.5, 0.6) is 0 Å². The van der Waals surface area contributed by atoms with Gasteiger partial charge in [-0.1, -0.05) is 18.2 Å². The Balaban J connectivity index is 0.000000123. The summed E-state index contributed by atoms with van der Waals surface area (Å²) in [6, 6.07) is 44.6. The Hall–Kier alpha value is -17.0. The van der Waals surface area contributed by atoms with Crippen molar-refractivity contribution >= 4 is 315 Å². The fourth-order valence-corrected chi connectivity index (χ4v) is 26.4. The number of benzene rings is 12. The molecule has 616 valence electrons. The monoisotopic (exact) mass is 2080 g/mol. The maximum Gasteiger partial charge on any atom is 0.296 e. The molecule has 8 heterocycles. The number of thiazole rings is 4. The molecule has 0 saturated heterocycles. The smallest absolute Gasteiger partial charge is 0.248 e. The fraction of sp³-hybridized carbons (Fsp3) is 0. The normalized spacial score (nSPS) is 11.8. The van der Waals surface area contributed by atoms with Gasteiger partial charge in [0.25, 0.3) is 11.4 Å². The van der Waals surface area contributed by atoms with Gasteiger partial charge in [0.2, 0.25) is 0 Å². The third-order valence-corrected chi connectivity index (χ3v) is 33.1. The van der Waals surface area contributed by atoms with E-state index >= 15 is 52.7 Å². The Morgan fingerprint density at radius 1 is 0.265 bits per heavy atom. The first-order valence-electron chi connectivity index (χ1n) is 35.5. The molecule has 0 spiro atoms. The molecule has 0 unspecified atom stereocenters. The van der Waals surface area contributed by atoms with Crippen LogP contribution in [0.3, 0.4) is 0 Å². The number of hydrogen-bond donors (Lipinski definition) is 0. The molecule has 20 aromatic rings.